The summed E-state index contributed by atoms with van der Waals surface area (Å²) >= 11 is 0. The van der Waals surface area contributed by atoms with Crippen LogP contribution < -0.4 is 10.1 Å². The molecular formula is C22H23F2N5O3. The fourth-order valence-corrected chi connectivity index (χ4v) is 4.67. The number of halogens is 2. The highest BCUT2D eigenvalue weighted by atomic mass is 19.3. The van der Waals surface area contributed by atoms with Crippen LogP contribution in [0.5, 0.6) is 5.75 Å². The zero-order valence-electron chi connectivity index (χ0n) is 17.9. The van der Waals surface area contributed by atoms with Crippen LogP contribution >= 0.6 is 0 Å². The highest BCUT2D eigenvalue weighted by Gasteiger charge is 2.61. The van der Waals surface area contributed by atoms with Crippen molar-refractivity contribution in [3.05, 3.63) is 47.7 Å². The summed E-state index contributed by atoms with van der Waals surface area (Å²) in [5, 5.41) is 2.49. The molecule has 3 aromatic heterocycles. The maximum Gasteiger partial charge on any atom is 0.280 e. The first-order chi connectivity index (χ1) is 15.2. The molecule has 0 aromatic carbocycles. The van der Waals surface area contributed by atoms with Crippen molar-refractivity contribution in [3.8, 4) is 5.75 Å². The molecule has 1 aliphatic carbocycles. The predicted octanol–water partition coefficient (Wildman–Crippen LogP) is 3.92. The molecule has 1 saturated carbocycles. The lowest BCUT2D eigenvalue weighted by atomic mass is 9.62. The first-order valence-corrected chi connectivity index (χ1v) is 10.4. The van der Waals surface area contributed by atoms with Gasteiger partial charge in [-0.05, 0) is 39.7 Å². The van der Waals surface area contributed by atoms with Crippen molar-refractivity contribution in [1.82, 2.24) is 19.4 Å². The minimum atomic E-state index is -2.76. The second-order valence-corrected chi connectivity index (χ2v) is 9.04. The van der Waals surface area contributed by atoms with Crippen molar-refractivity contribution in [1.29, 1.82) is 0 Å². The van der Waals surface area contributed by atoms with E-state index in [0.29, 0.717) is 18.0 Å². The van der Waals surface area contributed by atoms with E-state index in [-0.39, 0.29) is 28.6 Å². The number of pyridine rings is 1. The third-order valence-electron chi connectivity index (χ3n) is 5.95. The number of fused-ring (bicyclic) bond motifs is 2. The summed E-state index contributed by atoms with van der Waals surface area (Å²) in [6, 6.07) is 2.81. The zero-order chi connectivity index (χ0) is 22.7. The van der Waals surface area contributed by atoms with Gasteiger partial charge in [-0.3, -0.25) is 10.1 Å². The number of anilines is 1. The van der Waals surface area contributed by atoms with E-state index in [1.807, 2.05) is 20.0 Å². The Bertz CT molecular complexity index is 1200. The van der Waals surface area contributed by atoms with E-state index in [0.717, 1.165) is 24.6 Å². The smallest absolute Gasteiger partial charge is 0.280 e. The SMILES string of the molecule is CC(C)Oc1cc2nc(C34COC(C)(C3)C4)cn2cc1C(=O)Nc1nccc(C(F)F)n1. The molecule has 168 valence electrons. The van der Waals surface area contributed by atoms with Gasteiger partial charge in [0.15, 0.2) is 0 Å². The van der Waals surface area contributed by atoms with Gasteiger partial charge in [0.25, 0.3) is 12.3 Å². The van der Waals surface area contributed by atoms with Crippen LogP contribution in [0.2, 0.25) is 0 Å². The number of ether oxygens (including phenoxy) is 2. The average Bonchev–Trinajstić information content (AvgIpc) is 3.37. The second-order valence-electron chi connectivity index (χ2n) is 9.04. The summed E-state index contributed by atoms with van der Waals surface area (Å²) in [5.41, 5.74) is 1.17. The summed E-state index contributed by atoms with van der Waals surface area (Å²) in [6.45, 7) is 6.44. The molecule has 0 radical (unpaired) electrons. The van der Waals surface area contributed by atoms with E-state index in [4.69, 9.17) is 14.5 Å². The molecule has 6 rings (SSSR count). The van der Waals surface area contributed by atoms with Gasteiger partial charge in [-0.1, -0.05) is 0 Å². The van der Waals surface area contributed by atoms with Gasteiger partial charge in [-0.2, -0.15) is 0 Å². The lowest BCUT2D eigenvalue weighted by Gasteiger charge is -2.41. The number of nitrogens with zero attached hydrogens (tertiary/aromatic N) is 4. The normalized spacial score (nSPS) is 24.2. The molecule has 0 atom stereocenters. The van der Waals surface area contributed by atoms with Crippen molar-refractivity contribution >= 4 is 17.5 Å². The van der Waals surface area contributed by atoms with Gasteiger partial charge < -0.3 is 13.9 Å². The van der Waals surface area contributed by atoms with Crippen LogP contribution in [0.3, 0.4) is 0 Å². The molecule has 3 aliphatic rings. The molecule has 3 fully saturated rings. The highest BCUT2D eigenvalue weighted by molar-refractivity contribution is 6.05. The van der Waals surface area contributed by atoms with Gasteiger partial charge in [0, 0.05) is 30.1 Å². The van der Waals surface area contributed by atoms with Crippen molar-refractivity contribution in [2.24, 2.45) is 0 Å². The average molecular weight is 443 g/mol. The second kappa shape index (κ2) is 7.19. The first kappa shape index (κ1) is 20.7. The van der Waals surface area contributed by atoms with E-state index in [1.54, 1.807) is 16.7 Å². The third-order valence-corrected chi connectivity index (χ3v) is 5.95. The summed E-state index contributed by atoms with van der Waals surface area (Å²) < 4.78 is 39.4. The Morgan fingerprint density at radius 1 is 1.28 bits per heavy atom. The maximum absolute atomic E-state index is 13.0. The number of amides is 1. The minimum Gasteiger partial charge on any atom is -0.490 e. The van der Waals surface area contributed by atoms with Gasteiger partial charge in [0.2, 0.25) is 5.95 Å². The Kier molecular flexibility index (Phi) is 4.66. The number of imidazole rings is 1. The van der Waals surface area contributed by atoms with E-state index in [9.17, 15) is 13.6 Å². The molecule has 3 aromatic rings. The molecule has 8 nitrogen and oxygen atoms in total. The van der Waals surface area contributed by atoms with E-state index in [2.05, 4.69) is 22.2 Å². The lowest BCUT2D eigenvalue weighted by Crippen LogP contribution is -2.45. The molecular weight excluding hydrogens is 420 g/mol. The Morgan fingerprint density at radius 3 is 2.72 bits per heavy atom. The maximum atomic E-state index is 13.0. The van der Waals surface area contributed by atoms with Crippen LogP contribution in [-0.4, -0.2) is 43.6 Å². The molecule has 0 spiro atoms. The van der Waals surface area contributed by atoms with Crippen molar-refractivity contribution in [2.45, 2.75) is 57.2 Å². The van der Waals surface area contributed by atoms with Crippen LogP contribution in [0, 0.1) is 0 Å². The van der Waals surface area contributed by atoms with E-state index in [1.165, 1.54) is 6.20 Å². The van der Waals surface area contributed by atoms with Crippen LogP contribution in [0.1, 0.15) is 61.8 Å². The molecule has 1 N–H and O–H groups in total. The number of hydrogen-bond acceptors (Lipinski definition) is 6. The van der Waals surface area contributed by atoms with Gasteiger partial charge in [0.1, 0.15) is 17.1 Å². The zero-order valence-corrected chi connectivity index (χ0v) is 17.9. The van der Waals surface area contributed by atoms with Gasteiger partial charge in [-0.25, -0.2) is 23.7 Å². The fourth-order valence-electron chi connectivity index (χ4n) is 4.67. The number of hydrogen-bond donors (Lipinski definition) is 1. The summed E-state index contributed by atoms with van der Waals surface area (Å²) in [4.78, 5) is 25.4. The Morgan fingerprint density at radius 2 is 2.06 bits per heavy atom. The topological polar surface area (TPSA) is 90.6 Å². The largest absolute Gasteiger partial charge is 0.490 e. The molecule has 2 saturated heterocycles. The number of rotatable bonds is 6. The fraction of sp³-hybridized carbons (Fsp3) is 0.455. The van der Waals surface area contributed by atoms with Crippen LogP contribution in [-0.2, 0) is 10.2 Å². The van der Waals surface area contributed by atoms with Crippen molar-refractivity contribution in [3.63, 3.8) is 0 Å². The molecule has 0 unspecified atom stereocenters. The highest BCUT2D eigenvalue weighted by Crippen LogP contribution is 2.58. The Hall–Kier alpha value is -3.14. The van der Waals surface area contributed by atoms with Crippen LogP contribution in [0.25, 0.3) is 5.65 Å². The van der Waals surface area contributed by atoms with Crippen LogP contribution in [0.15, 0.2) is 30.7 Å². The molecule has 2 aliphatic heterocycles. The summed E-state index contributed by atoms with van der Waals surface area (Å²) in [7, 11) is 0. The number of alkyl halides is 2. The first-order valence-electron chi connectivity index (χ1n) is 10.4. The molecule has 5 heterocycles. The van der Waals surface area contributed by atoms with Gasteiger partial charge in [-0.15, -0.1) is 0 Å². The monoisotopic (exact) mass is 443 g/mol. The van der Waals surface area contributed by atoms with Gasteiger partial charge >= 0.3 is 0 Å². The number of nitrogens with one attached hydrogen (secondary N) is 1. The van der Waals surface area contributed by atoms with Crippen molar-refractivity contribution in [2.75, 3.05) is 11.9 Å². The molecule has 1 amide bonds. The minimum absolute atomic E-state index is 0.0699. The van der Waals surface area contributed by atoms with Gasteiger partial charge in [0.05, 0.1) is 29.6 Å². The third kappa shape index (κ3) is 3.48. The standard InChI is InChI=1S/C22H23F2N5O3/c1-12(2)32-15-6-17-27-16(22-9-21(3,10-22)31-11-22)8-29(17)7-13(15)19(30)28-20-25-5-4-14(26-20)18(23)24/h4-8,12,18H,9-11H2,1-3H3,(H,25,26,28,30). The molecule has 2 bridgehead atoms. The Labute approximate surface area is 183 Å². The van der Waals surface area contributed by atoms with E-state index < -0.39 is 18.0 Å². The molecule has 32 heavy (non-hydrogen) atoms. The van der Waals surface area contributed by atoms with E-state index >= 15 is 0 Å². The van der Waals surface area contributed by atoms with Crippen molar-refractivity contribution < 1.29 is 23.0 Å². The summed E-state index contributed by atoms with van der Waals surface area (Å²) in [6.07, 6.45) is 3.60. The number of carbonyl (C=O) groups is 1. The molecule has 10 heteroatoms. The predicted molar refractivity (Wildman–Crippen MR) is 111 cm³/mol. The lowest BCUT2D eigenvalue weighted by molar-refractivity contribution is 0.0154. The van der Waals surface area contributed by atoms with Crippen LogP contribution in [0.4, 0.5) is 14.7 Å². The quantitative estimate of drug-likeness (QED) is 0.621. The number of aromatic nitrogens is 4. The summed E-state index contributed by atoms with van der Waals surface area (Å²) in [5.74, 6) is -0.431. The Balaban J connectivity index is 1.49. The number of carbonyl (C=O) groups excluding carboxylic acids is 1.